The van der Waals surface area contributed by atoms with Gasteiger partial charge in [0.15, 0.2) is 0 Å². The van der Waals surface area contributed by atoms with Gasteiger partial charge in [0, 0.05) is 18.0 Å². The number of benzene rings is 5. The standard InChI is InChI=1S/C53H48N4/c1-6-17-39(9-4)52(57-51(54-5)43(18-7-2)19-8-3)56-36-38-27-29-40(30-28-38)41-31-33-42(34-32-41)46-24-15-26-49-50(46)47-23-13-14-25-48(47)53(49,44-20-11-10-12-21-44)45-22-16-35-55-37-45/h6-35,37,51H,2,5,36H2,1,3-4H3,(H,56,57)/b17-6-,19-8-,39-9+,43-18+. The number of aliphatic imine (C=N–C) groups is 2. The molecule has 57 heavy (non-hydrogen) atoms. The van der Waals surface area contributed by atoms with Gasteiger partial charge in [-0.05, 0) is 100 Å². The van der Waals surface area contributed by atoms with E-state index in [2.05, 4.69) is 156 Å². The molecule has 280 valence electrons. The van der Waals surface area contributed by atoms with Gasteiger partial charge in [-0.3, -0.25) is 15.0 Å². The highest BCUT2D eigenvalue weighted by atomic mass is 15.1. The lowest BCUT2D eigenvalue weighted by atomic mass is 9.68. The van der Waals surface area contributed by atoms with Crippen molar-refractivity contribution in [3.8, 4) is 33.4 Å². The highest BCUT2D eigenvalue weighted by Crippen LogP contribution is 2.58. The van der Waals surface area contributed by atoms with E-state index in [9.17, 15) is 0 Å². The second-order valence-corrected chi connectivity index (χ2v) is 13.9. The van der Waals surface area contributed by atoms with Crippen molar-refractivity contribution in [2.75, 3.05) is 0 Å². The molecule has 1 aromatic heterocycles. The number of hydrogen-bond donors (Lipinski definition) is 1. The van der Waals surface area contributed by atoms with E-state index in [-0.39, 0.29) is 6.17 Å². The normalized spacial score (nSPS) is 16.0. The summed E-state index contributed by atoms with van der Waals surface area (Å²) in [4.78, 5) is 14.0. The van der Waals surface area contributed by atoms with Crippen LogP contribution in [0.3, 0.4) is 0 Å². The van der Waals surface area contributed by atoms with Crippen molar-refractivity contribution in [3.63, 3.8) is 0 Å². The minimum absolute atomic E-state index is 0.372. The summed E-state index contributed by atoms with van der Waals surface area (Å²) in [6.45, 7) is 14.2. The molecule has 4 heteroatoms. The average molecular weight is 741 g/mol. The van der Waals surface area contributed by atoms with E-state index in [1.54, 1.807) is 6.08 Å². The van der Waals surface area contributed by atoms with Gasteiger partial charge in [0.25, 0.3) is 0 Å². The van der Waals surface area contributed by atoms with Gasteiger partial charge in [0.1, 0.15) is 12.0 Å². The van der Waals surface area contributed by atoms with Crippen LogP contribution in [0.2, 0.25) is 0 Å². The Balaban J connectivity index is 1.19. The fraction of sp³-hybridized carbons (Fsp3) is 0.113. The number of nitrogens with one attached hydrogen (secondary N) is 1. The molecule has 2 unspecified atom stereocenters. The van der Waals surface area contributed by atoms with Crippen molar-refractivity contribution < 1.29 is 0 Å². The third-order valence-corrected chi connectivity index (χ3v) is 10.6. The van der Waals surface area contributed by atoms with Gasteiger partial charge in [-0.1, -0.05) is 177 Å². The summed E-state index contributed by atoms with van der Waals surface area (Å²) in [5, 5.41) is 3.51. The molecule has 6 aromatic rings. The number of aromatic nitrogens is 1. The van der Waals surface area contributed by atoms with Crippen molar-refractivity contribution in [1.82, 2.24) is 10.3 Å². The van der Waals surface area contributed by atoms with E-state index in [0.29, 0.717) is 6.54 Å². The lowest BCUT2D eigenvalue weighted by Gasteiger charge is -2.33. The molecule has 2 atom stereocenters. The van der Waals surface area contributed by atoms with Crippen LogP contribution in [0.25, 0.3) is 33.4 Å². The Morgan fingerprint density at radius 3 is 2.02 bits per heavy atom. The van der Waals surface area contributed by atoms with Gasteiger partial charge in [-0.25, -0.2) is 0 Å². The smallest absolute Gasteiger partial charge is 0.145 e. The predicted octanol–water partition coefficient (Wildman–Crippen LogP) is 12.5. The molecule has 0 bridgehead atoms. The first-order valence-electron chi connectivity index (χ1n) is 19.5. The summed E-state index contributed by atoms with van der Waals surface area (Å²) in [6, 6.07) is 48.4. The van der Waals surface area contributed by atoms with E-state index >= 15 is 0 Å². The number of nitrogens with zero attached hydrogens (tertiary/aromatic N) is 3. The number of allylic oxidation sites excluding steroid dienone is 5. The predicted molar refractivity (Wildman–Crippen MR) is 242 cm³/mol. The highest BCUT2D eigenvalue weighted by molar-refractivity contribution is 6.01. The zero-order chi connectivity index (χ0) is 39.6. The molecule has 1 N–H and O–H groups in total. The zero-order valence-electron chi connectivity index (χ0n) is 32.9. The maximum absolute atomic E-state index is 5.03. The van der Waals surface area contributed by atoms with Crippen LogP contribution in [0, 0.1) is 0 Å². The van der Waals surface area contributed by atoms with Crippen LogP contribution in [0.15, 0.2) is 216 Å². The largest absolute Gasteiger partial charge is 0.345 e. The van der Waals surface area contributed by atoms with Crippen molar-refractivity contribution >= 4 is 12.6 Å². The molecule has 0 radical (unpaired) electrons. The van der Waals surface area contributed by atoms with Crippen LogP contribution < -0.4 is 5.32 Å². The Labute approximate surface area is 337 Å². The summed E-state index contributed by atoms with van der Waals surface area (Å²) in [5.41, 5.74) is 14.7. The average Bonchev–Trinajstić information content (AvgIpc) is 3.58. The topological polar surface area (TPSA) is 49.6 Å². The quantitative estimate of drug-likeness (QED) is 0.0727. The number of fused-ring (bicyclic) bond motifs is 3. The van der Waals surface area contributed by atoms with Gasteiger partial charge >= 0.3 is 0 Å². The Hall–Kier alpha value is -6.91. The molecule has 0 fully saturated rings. The Kier molecular flexibility index (Phi) is 11.9. The Bertz CT molecular complexity index is 2460. The van der Waals surface area contributed by atoms with Crippen molar-refractivity contribution in [2.45, 2.75) is 38.9 Å². The second kappa shape index (κ2) is 17.7. The van der Waals surface area contributed by atoms with Crippen LogP contribution >= 0.6 is 0 Å². The minimum Gasteiger partial charge on any atom is -0.345 e. The monoisotopic (exact) mass is 740 g/mol. The maximum atomic E-state index is 5.03. The SMILES string of the molecule is C=C/C=C(\C=C/C)C(N=C)NC(=NCc1ccc(-c2ccc(-c3cccc4c3-c3ccccc3C4(c3ccccc3)c3cccnc3)cc2)cc1)C(/C=C\C)=C/C. The zero-order valence-corrected chi connectivity index (χ0v) is 32.9. The summed E-state index contributed by atoms with van der Waals surface area (Å²) in [5.74, 6) is 0.753. The molecule has 0 saturated carbocycles. The second-order valence-electron chi connectivity index (χ2n) is 13.9. The van der Waals surface area contributed by atoms with Crippen LogP contribution in [0.1, 0.15) is 48.6 Å². The minimum atomic E-state index is -0.483. The molecule has 0 saturated heterocycles. The van der Waals surface area contributed by atoms with Gasteiger partial charge in [-0.2, -0.15) is 0 Å². The molecule has 1 heterocycles. The summed E-state index contributed by atoms with van der Waals surface area (Å²) >= 11 is 0. The van der Waals surface area contributed by atoms with E-state index < -0.39 is 5.41 Å². The van der Waals surface area contributed by atoms with Crippen LogP contribution in [-0.4, -0.2) is 23.7 Å². The first kappa shape index (κ1) is 38.4. The number of rotatable bonds is 13. The van der Waals surface area contributed by atoms with Crippen LogP contribution in [-0.2, 0) is 12.0 Å². The fourth-order valence-electron chi connectivity index (χ4n) is 8.09. The molecule has 0 amide bonds. The molecular weight excluding hydrogens is 693 g/mol. The van der Waals surface area contributed by atoms with Crippen LogP contribution in [0.4, 0.5) is 0 Å². The lowest BCUT2D eigenvalue weighted by molar-refractivity contribution is 0.743. The van der Waals surface area contributed by atoms with E-state index in [0.717, 1.165) is 39.2 Å². The molecule has 5 aromatic carbocycles. The molecule has 1 aliphatic carbocycles. The molecule has 0 aliphatic heterocycles. The first-order valence-corrected chi connectivity index (χ1v) is 19.5. The lowest BCUT2D eigenvalue weighted by Crippen LogP contribution is -2.35. The number of amidine groups is 1. The summed E-state index contributed by atoms with van der Waals surface area (Å²) in [6.07, 6.45) is 17.3. The summed E-state index contributed by atoms with van der Waals surface area (Å²) < 4.78 is 0. The van der Waals surface area contributed by atoms with E-state index in [4.69, 9.17) is 4.99 Å². The van der Waals surface area contributed by atoms with Crippen LogP contribution in [0.5, 0.6) is 0 Å². The molecular formula is C53H48N4. The molecule has 0 spiro atoms. The van der Waals surface area contributed by atoms with Gasteiger partial charge < -0.3 is 5.32 Å². The maximum Gasteiger partial charge on any atom is 0.145 e. The molecule has 4 nitrogen and oxygen atoms in total. The van der Waals surface area contributed by atoms with E-state index in [1.165, 1.54) is 38.9 Å². The van der Waals surface area contributed by atoms with Gasteiger partial charge in [0.2, 0.25) is 0 Å². The third-order valence-electron chi connectivity index (χ3n) is 10.6. The molecule has 7 rings (SSSR count). The fourth-order valence-corrected chi connectivity index (χ4v) is 8.09. The van der Waals surface area contributed by atoms with Gasteiger partial charge in [0.05, 0.1) is 12.0 Å². The molecule has 1 aliphatic rings. The third kappa shape index (κ3) is 7.55. The van der Waals surface area contributed by atoms with E-state index in [1.807, 2.05) is 75.7 Å². The Morgan fingerprint density at radius 1 is 0.702 bits per heavy atom. The van der Waals surface area contributed by atoms with Gasteiger partial charge in [-0.15, -0.1) is 0 Å². The van der Waals surface area contributed by atoms with Crippen molar-refractivity contribution in [2.24, 2.45) is 9.98 Å². The Morgan fingerprint density at radius 2 is 1.35 bits per heavy atom. The van der Waals surface area contributed by atoms with Crippen molar-refractivity contribution in [1.29, 1.82) is 0 Å². The highest BCUT2D eigenvalue weighted by Gasteiger charge is 2.46. The number of pyridine rings is 1. The summed E-state index contributed by atoms with van der Waals surface area (Å²) in [7, 11) is 0. The van der Waals surface area contributed by atoms with Crippen molar-refractivity contribution in [3.05, 3.63) is 234 Å². The number of hydrogen-bond acceptors (Lipinski definition) is 3. The first-order chi connectivity index (χ1) is 28.1.